The standard InChI is InChI=1S/C16H12BrIN2O2.C15H10BrIN2O2/c17-9-1-3-13-11(7-9)16(5-6-21-15(19)20-16)12-8-10(18)2-4-14(12)22-13;16-8-1-3-12-10(5-8)15(7-20-14(18)19-15)11-6-9(17)2-4-13(11)21-12/h1-4,7-8H,5-6H2,(H2,19,20);1-6H,7H2,(H2,18,19)/t16-;15-/m00/s1. The first kappa shape index (κ1) is 29.2. The number of benzene rings is 4. The molecule has 12 heteroatoms. The molecule has 2 spiro atoms. The lowest BCUT2D eigenvalue weighted by atomic mass is 9.78. The Kier molecular flexibility index (Phi) is 7.53. The predicted molar refractivity (Wildman–Crippen MR) is 188 cm³/mol. The summed E-state index contributed by atoms with van der Waals surface area (Å²) in [5.74, 6) is 3.23. The first-order valence-corrected chi connectivity index (χ1v) is 16.9. The van der Waals surface area contributed by atoms with Gasteiger partial charge in [-0.1, -0.05) is 31.9 Å². The molecule has 43 heavy (non-hydrogen) atoms. The number of nitrogens with zero attached hydrogens (tertiary/aromatic N) is 2. The Morgan fingerprint density at radius 3 is 1.56 bits per heavy atom. The summed E-state index contributed by atoms with van der Waals surface area (Å²) < 4.78 is 27.2. The Bertz CT molecular complexity index is 1760. The van der Waals surface area contributed by atoms with Crippen LogP contribution in [0.5, 0.6) is 23.0 Å². The van der Waals surface area contributed by atoms with Gasteiger partial charge in [-0.3, -0.25) is 0 Å². The van der Waals surface area contributed by atoms with Crippen molar-refractivity contribution in [3.63, 3.8) is 0 Å². The van der Waals surface area contributed by atoms with E-state index < -0.39 is 11.1 Å². The fraction of sp³-hybridized carbons (Fsp3) is 0.161. The van der Waals surface area contributed by atoms with Crippen LogP contribution in [-0.4, -0.2) is 25.3 Å². The van der Waals surface area contributed by atoms with Crippen LogP contribution in [0.3, 0.4) is 0 Å². The average molecular weight is 928 g/mol. The molecule has 4 aliphatic heterocycles. The largest absolute Gasteiger partial charge is 0.465 e. The first-order chi connectivity index (χ1) is 20.7. The number of halogens is 4. The van der Waals surface area contributed by atoms with Crippen molar-refractivity contribution in [3.05, 3.63) is 111 Å². The molecule has 0 saturated heterocycles. The van der Waals surface area contributed by atoms with Gasteiger partial charge in [-0.2, -0.15) is 0 Å². The third-order valence-electron chi connectivity index (χ3n) is 7.73. The van der Waals surface area contributed by atoms with Crippen LogP contribution >= 0.6 is 77.0 Å². The van der Waals surface area contributed by atoms with Gasteiger partial charge in [0.1, 0.15) is 35.1 Å². The number of aliphatic imine (C=N–C) groups is 2. The highest BCUT2D eigenvalue weighted by molar-refractivity contribution is 14.1. The van der Waals surface area contributed by atoms with Crippen molar-refractivity contribution in [1.82, 2.24) is 0 Å². The second-order valence-electron chi connectivity index (χ2n) is 10.3. The fourth-order valence-electron chi connectivity index (χ4n) is 5.86. The van der Waals surface area contributed by atoms with Gasteiger partial charge >= 0.3 is 0 Å². The molecule has 0 bridgehead atoms. The minimum absolute atomic E-state index is 0.215. The summed E-state index contributed by atoms with van der Waals surface area (Å²) in [6.45, 7) is 0.922. The van der Waals surface area contributed by atoms with Crippen LogP contribution in [0.25, 0.3) is 0 Å². The van der Waals surface area contributed by atoms with Crippen LogP contribution in [0.2, 0.25) is 0 Å². The Balaban J connectivity index is 0.000000140. The maximum absolute atomic E-state index is 6.08. The Morgan fingerprint density at radius 1 is 0.605 bits per heavy atom. The summed E-state index contributed by atoms with van der Waals surface area (Å²) in [4.78, 5) is 9.32. The van der Waals surface area contributed by atoms with Gasteiger partial charge in [-0.15, -0.1) is 0 Å². The van der Waals surface area contributed by atoms with Crippen molar-refractivity contribution in [2.75, 3.05) is 13.2 Å². The Morgan fingerprint density at radius 2 is 1.05 bits per heavy atom. The minimum Gasteiger partial charge on any atom is -0.465 e. The monoisotopic (exact) mass is 926 g/mol. The fourth-order valence-corrected chi connectivity index (χ4v) is 7.57. The molecule has 2 atom stereocenters. The number of rotatable bonds is 0. The van der Waals surface area contributed by atoms with Gasteiger partial charge in [0, 0.05) is 44.8 Å². The smallest absolute Gasteiger partial charge is 0.283 e. The number of hydrogen-bond donors (Lipinski definition) is 2. The molecule has 4 aromatic rings. The van der Waals surface area contributed by atoms with Gasteiger partial charge in [0.05, 0.1) is 6.61 Å². The first-order valence-electron chi connectivity index (χ1n) is 13.2. The molecule has 4 heterocycles. The third-order valence-corrected chi connectivity index (χ3v) is 10.1. The van der Waals surface area contributed by atoms with E-state index in [1.54, 1.807) is 0 Å². The van der Waals surface area contributed by atoms with E-state index in [-0.39, 0.29) is 12.0 Å². The summed E-state index contributed by atoms with van der Waals surface area (Å²) in [6.07, 6.45) is 0.730. The summed E-state index contributed by atoms with van der Waals surface area (Å²) >= 11 is 11.6. The van der Waals surface area contributed by atoms with Gasteiger partial charge in [-0.05, 0) is 118 Å². The number of fused-ring (bicyclic) bond motifs is 8. The Labute approximate surface area is 291 Å². The van der Waals surface area contributed by atoms with Crippen LogP contribution in [0.1, 0.15) is 28.7 Å². The van der Waals surface area contributed by atoms with E-state index >= 15 is 0 Å². The maximum Gasteiger partial charge on any atom is 0.283 e. The molecule has 0 aliphatic carbocycles. The summed E-state index contributed by atoms with van der Waals surface area (Å²) in [5, 5.41) is 0. The number of hydrogen-bond acceptors (Lipinski definition) is 8. The second-order valence-corrected chi connectivity index (χ2v) is 14.6. The summed E-state index contributed by atoms with van der Waals surface area (Å²) in [7, 11) is 0. The van der Waals surface area contributed by atoms with E-state index in [1.807, 2.05) is 54.6 Å². The number of nitrogens with two attached hydrogens (primary N) is 2. The average Bonchev–Trinajstić information content (AvgIpc) is 3.38. The molecule has 218 valence electrons. The van der Waals surface area contributed by atoms with E-state index in [9.17, 15) is 0 Å². The third kappa shape index (κ3) is 5.07. The van der Waals surface area contributed by atoms with E-state index in [1.165, 1.54) is 0 Å². The molecule has 0 fully saturated rings. The normalized spacial score (nSPS) is 22.1. The lowest BCUT2D eigenvalue weighted by molar-refractivity contribution is 0.219. The van der Waals surface area contributed by atoms with Gasteiger partial charge < -0.3 is 30.4 Å². The molecule has 0 saturated carbocycles. The lowest BCUT2D eigenvalue weighted by Crippen LogP contribution is -2.38. The van der Waals surface area contributed by atoms with Crippen molar-refractivity contribution >= 4 is 89.1 Å². The zero-order valence-corrected chi connectivity index (χ0v) is 29.7. The molecule has 0 aromatic heterocycles. The summed E-state index contributed by atoms with van der Waals surface area (Å²) in [6, 6.07) is 24.5. The van der Waals surface area contributed by atoms with Crippen LogP contribution in [0.4, 0.5) is 0 Å². The van der Waals surface area contributed by atoms with Crippen LogP contribution < -0.4 is 20.9 Å². The zero-order chi connectivity index (χ0) is 29.9. The van der Waals surface area contributed by atoms with Crippen molar-refractivity contribution in [2.24, 2.45) is 21.5 Å². The highest BCUT2D eigenvalue weighted by Crippen LogP contribution is 2.53. The molecule has 0 radical (unpaired) electrons. The molecular formula is C31H22Br2I2N4O4. The molecule has 4 aromatic carbocycles. The maximum atomic E-state index is 6.08. The highest BCUT2D eigenvalue weighted by Gasteiger charge is 2.47. The van der Waals surface area contributed by atoms with E-state index in [0.717, 1.165) is 67.8 Å². The van der Waals surface area contributed by atoms with Crippen molar-refractivity contribution in [2.45, 2.75) is 17.5 Å². The van der Waals surface area contributed by atoms with Gasteiger partial charge in [0.25, 0.3) is 12.0 Å². The highest BCUT2D eigenvalue weighted by atomic mass is 127. The van der Waals surface area contributed by atoms with E-state index in [0.29, 0.717) is 13.2 Å². The van der Waals surface area contributed by atoms with Crippen molar-refractivity contribution < 1.29 is 18.9 Å². The molecular weight excluding hydrogens is 906 g/mol. The second kappa shape index (κ2) is 11.1. The molecule has 8 nitrogen and oxygen atoms in total. The van der Waals surface area contributed by atoms with Gasteiger partial charge in [0.2, 0.25) is 0 Å². The molecule has 0 unspecified atom stereocenters. The zero-order valence-electron chi connectivity index (χ0n) is 22.2. The minimum atomic E-state index is -0.627. The Hall–Kier alpha value is -2.56. The van der Waals surface area contributed by atoms with E-state index in [2.05, 4.69) is 100 Å². The van der Waals surface area contributed by atoms with Gasteiger partial charge in [-0.25, -0.2) is 9.98 Å². The molecule has 8 rings (SSSR count). The van der Waals surface area contributed by atoms with Crippen LogP contribution in [0, 0.1) is 7.14 Å². The predicted octanol–water partition coefficient (Wildman–Crippen LogP) is 7.89. The van der Waals surface area contributed by atoms with Crippen LogP contribution in [0.15, 0.2) is 91.7 Å². The van der Waals surface area contributed by atoms with Crippen molar-refractivity contribution in [1.29, 1.82) is 0 Å². The number of ether oxygens (including phenoxy) is 4. The van der Waals surface area contributed by atoms with E-state index in [4.69, 9.17) is 35.4 Å². The summed E-state index contributed by atoms with van der Waals surface area (Å²) in [5.41, 5.74) is 14.5. The molecule has 4 N–H and O–H groups in total. The van der Waals surface area contributed by atoms with Crippen molar-refractivity contribution in [3.8, 4) is 23.0 Å². The topological polar surface area (TPSA) is 114 Å². The molecule has 4 aliphatic rings. The lowest BCUT2D eigenvalue weighted by Gasteiger charge is -2.39. The molecule has 0 amide bonds. The van der Waals surface area contributed by atoms with Crippen LogP contribution in [-0.2, 0) is 20.6 Å². The number of amidine groups is 2. The van der Waals surface area contributed by atoms with Gasteiger partial charge in [0.15, 0.2) is 5.54 Å². The quantitative estimate of drug-likeness (QED) is 0.174. The SMILES string of the molecule is NC1=N[C@@]2(CCO1)c1cc(Br)ccc1Oc1ccc(I)cc12.NC1=N[C@@]2(CO1)c1cc(Br)ccc1Oc1ccc(I)cc12.